The maximum Gasteiger partial charge on any atom is 0.243 e. The van der Waals surface area contributed by atoms with E-state index in [-0.39, 0.29) is 12.5 Å². The molecular formula is C17H30N6O. The van der Waals surface area contributed by atoms with Crippen molar-refractivity contribution >= 4 is 17.6 Å². The van der Waals surface area contributed by atoms with Crippen molar-refractivity contribution in [3.8, 4) is 0 Å². The average molecular weight is 334 g/mol. The number of hydrogen-bond donors (Lipinski definition) is 3. The number of carbonyl (C=O) groups is 1. The van der Waals surface area contributed by atoms with Crippen molar-refractivity contribution in [3.63, 3.8) is 0 Å². The van der Waals surface area contributed by atoms with Gasteiger partial charge >= 0.3 is 0 Å². The van der Waals surface area contributed by atoms with Gasteiger partial charge in [-0.3, -0.25) is 19.7 Å². The van der Waals surface area contributed by atoms with Crippen LogP contribution in [0.1, 0.15) is 27.7 Å². The largest absolute Gasteiger partial charge is 0.355 e. The van der Waals surface area contributed by atoms with E-state index in [0.717, 1.165) is 13.1 Å². The number of nitrogens with zero attached hydrogens (tertiary/aromatic N) is 3. The zero-order chi connectivity index (χ0) is 17.9. The summed E-state index contributed by atoms with van der Waals surface area (Å²) >= 11 is 0. The molecule has 7 nitrogen and oxygen atoms in total. The summed E-state index contributed by atoms with van der Waals surface area (Å²) in [5.41, 5.74) is 0.678. The molecular weight excluding hydrogens is 304 g/mol. The van der Waals surface area contributed by atoms with Crippen LogP contribution >= 0.6 is 0 Å². The topological polar surface area (TPSA) is 81.7 Å². The lowest BCUT2D eigenvalue weighted by Crippen LogP contribution is -2.46. The standard InChI is InChI=1S/C17H30N6O/c1-13(2)23(14(3)4)10-9-20-17(18-5)21-12-16(24)22-15-7-6-8-19-11-15/h6-8,11,13-14H,9-10,12H2,1-5H3,(H,22,24)(H2,18,20,21). The van der Waals surface area contributed by atoms with Gasteiger partial charge in [0.2, 0.25) is 5.91 Å². The summed E-state index contributed by atoms with van der Waals surface area (Å²) in [6.45, 7) is 10.6. The molecule has 1 amide bonds. The van der Waals surface area contributed by atoms with E-state index in [0.29, 0.717) is 23.7 Å². The van der Waals surface area contributed by atoms with Crippen molar-refractivity contribution in [1.29, 1.82) is 0 Å². The first-order chi connectivity index (χ1) is 11.4. The molecule has 0 radical (unpaired) electrons. The third-order valence-electron chi connectivity index (χ3n) is 3.57. The highest BCUT2D eigenvalue weighted by Crippen LogP contribution is 2.03. The molecule has 1 rings (SSSR count). The van der Waals surface area contributed by atoms with Gasteiger partial charge in [0.15, 0.2) is 5.96 Å². The highest BCUT2D eigenvalue weighted by atomic mass is 16.1. The van der Waals surface area contributed by atoms with E-state index in [9.17, 15) is 4.79 Å². The molecule has 0 spiro atoms. The Hall–Kier alpha value is -2.15. The van der Waals surface area contributed by atoms with Crippen LogP contribution in [-0.4, -0.2) is 60.5 Å². The Balaban J connectivity index is 2.33. The van der Waals surface area contributed by atoms with Gasteiger partial charge in [-0.1, -0.05) is 0 Å². The van der Waals surface area contributed by atoms with Crippen molar-refractivity contribution < 1.29 is 4.79 Å². The van der Waals surface area contributed by atoms with Crippen LogP contribution in [0, 0.1) is 0 Å². The Bertz CT molecular complexity index is 507. The molecule has 0 aliphatic rings. The zero-order valence-electron chi connectivity index (χ0n) is 15.3. The number of pyridine rings is 1. The minimum absolute atomic E-state index is 0.142. The van der Waals surface area contributed by atoms with Crippen LogP contribution in [0.15, 0.2) is 29.5 Å². The van der Waals surface area contributed by atoms with Crippen LogP contribution in [0.5, 0.6) is 0 Å². The molecule has 1 heterocycles. The second-order valence-electron chi connectivity index (χ2n) is 6.07. The third kappa shape index (κ3) is 7.41. The number of rotatable bonds is 8. The third-order valence-corrected chi connectivity index (χ3v) is 3.57. The molecule has 3 N–H and O–H groups in total. The Kier molecular flexibility index (Phi) is 8.78. The number of carbonyl (C=O) groups excluding carboxylic acids is 1. The second kappa shape index (κ2) is 10.6. The predicted octanol–water partition coefficient (Wildman–Crippen LogP) is 1.30. The van der Waals surface area contributed by atoms with Crippen molar-refractivity contribution in [2.75, 3.05) is 32.0 Å². The summed E-state index contributed by atoms with van der Waals surface area (Å²) in [6, 6.07) is 4.56. The van der Waals surface area contributed by atoms with E-state index >= 15 is 0 Å². The summed E-state index contributed by atoms with van der Waals surface area (Å²) in [4.78, 5) is 22.4. The van der Waals surface area contributed by atoms with Gasteiger partial charge in [-0.2, -0.15) is 0 Å². The van der Waals surface area contributed by atoms with Gasteiger partial charge in [0.25, 0.3) is 0 Å². The number of guanidine groups is 1. The molecule has 0 aliphatic carbocycles. The van der Waals surface area contributed by atoms with Crippen molar-refractivity contribution in [1.82, 2.24) is 20.5 Å². The van der Waals surface area contributed by atoms with Crippen LogP contribution in [0.2, 0.25) is 0 Å². The SMILES string of the molecule is CN=C(NCCN(C(C)C)C(C)C)NCC(=O)Nc1cccnc1. The van der Waals surface area contributed by atoms with E-state index < -0.39 is 0 Å². The molecule has 1 aromatic heterocycles. The predicted molar refractivity (Wildman–Crippen MR) is 99.2 cm³/mol. The highest BCUT2D eigenvalue weighted by Gasteiger charge is 2.12. The molecule has 0 saturated heterocycles. The monoisotopic (exact) mass is 334 g/mol. The maximum atomic E-state index is 11.9. The summed E-state index contributed by atoms with van der Waals surface area (Å²) in [6.07, 6.45) is 3.27. The molecule has 1 aromatic rings. The summed E-state index contributed by atoms with van der Waals surface area (Å²) in [5.74, 6) is 0.473. The average Bonchev–Trinajstić information content (AvgIpc) is 2.54. The fraction of sp³-hybridized carbons (Fsp3) is 0.588. The van der Waals surface area contributed by atoms with E-state index in [4.69, 9.17) is 0 Å². The molecule has 0 aliphatic heterocycles. The Labute approximate surface area is 144 Å². The molecule has 0 saturated carbocycles. The first-order valence-corrected chi connectivity index (χ1v) is 8.34. The van der Waals surface area contributed by atoms with E-state index in [1.165, 1.54) is 0 Å². The van der Waals surface area contributed by atoms with Crippen molar-refractivity contribution in [2.45, 2.75) is 39.8 Å². The van der Waals surface area contributed by atoms with Gasteiger partial charge in [0, 0.05) is 38.4 Å². The number of anilines is 1. The summed E-state index contributed by atoms with van der Waals surface area (Å²) < 4.78 is 0. The zero-order valence-corrected chi connectivity index (χ0v) is 15.3. The summed E-state index contributed by atoms with van der Waals surface area (Å²) in [5, 5.41) is 9.01. The smallest absolute Gasteiger partial charge is 0.243 e. The Morgan fingerprint density at radius 2 is 1.96 bits per heavy atom. The van der Waals surface area contributed by atoms with Crippen LogP contribution in [0.25, 0.3) is 0 Å². The van der Waals surface area contributed by atoms with E-state index in [2.05, 4.69) is 58.5 Å². The number of nitrogens with one attached hydrogen (secondary N) is 3. The van der Waals surface area contributed by atoms with Crippen LogP contribution < -0.4 is 16.0 Å². The first kappa shape index (κ1) is 19.9. The Morgan fingerprint density at radius 1 is 1.25 bits per heavy atom. The van der Waals surface area contributed by atoms with Crippen molar-refractivity contribution in [2.24, 2.45) is 4.99 Å². The lowest BCUT2D eigenvalue weighted by Gasteiger charge is -2.30. The number of aliphatic imine (C=N–C) groups is 1. The number of hydrogen-bond acceptors (Lipinski definition) is 4. The number of amides is 1. The van der Waals surface area contributed by atoms with E-state index in [1.807, 2.05) is 0 Å². The molecule has 0 atom stereocenters. The second-order valence-corrected chi connectivity index (χ2v) is 6.07. The molecule has 0 fully saturated rings. The van der Waals surface area contributed by atoms with Crippen LogP contribution in [-0.2, 0) is 4.79 Å². The van der Waals surface area contributed by atoms with Crippen LogP contribution in [0.4, 0.5) is 5.69 Å². The maximum absolute atomic E-state index is 11.9. The van der Waals surface area contributed by atoms with Gasteiger partial charge < -0.3 is 16.0 Å². The molecule has 0 unspecified atom stereocenters. The van der Waals surface area contributed by atoms with Gasteiger partial charge in [-0.05, 0) is 39.8 Å². The fourth-order valence-corrected chi connectivity index (χ4v) is 2.44. The Morgan fingerprint density at radius 3 is 2.50 bits per heavy atom. The van der Waals surface area contributed by atoms with Gasteiger partial charge in [0.1, 0.15) is 0 Å². The van der Waals surface area contributed by atoms with Gasteiger partial charge in [-0.15, -0.1) is 0 Å². The molecule has 7 heteroatoms. The first-order valence-electron chi connectivity index (χ1n) is 8.34. The lowest BCUT2D eigenvalue weighted by molar-refractivity contribution is -0.115. The van der Waals surface area contributed by atoms with Gasteiger partial charge in [0.05, 0.1) is 18.4 Å². The van der Waals surface area contributed by atoms with Crippen LogP contribution in [0.3, 0.4) is 0 Å². The highest BCUT2D eigenvalue weighted by molar-refractivity contribution is 5.94. The molecule has 134 valence electrons. The molecule has 24 heavy (non-hydrogen) atoms. The molecule has 0 aromatic carbocycles. The van der Waals surface area contributed by atoms with E-state index in [1.54, 1.807) is 31.6 Å². The minimum atomic E-state index is -0.142. The number of aromatic nitrogens is 1. The normalized spacial score (nSPS) is 11.9. The van der Waals surface area contributed by atoms with Gasteiger partial charge in [-0.25, -0.2) is 0 Å². The minimum Gasteiger partial charge on any atom is -0.355 e. The van der Waals surface area contributed by atoms with Crippen molar-refractivity contribution in [3.05, 3.63) is 24.5 Å². The lowest BCUT2D eigenvalue weighted by atomic mass is 10.2. The quantitative estimate of drug-likeness (QED) is 0.493. The molecule has 0 bridgehead atoms. The summed E-state index contributed by atoms with van der Waals surface area (Å²) in [7, 11) is 1.69. The fourth-order valence-electron chi connectivity index (χ4n) is 2.44.